The monoisotopic (exact) mass is 566 g/mol. The summed E-state index contributed by atoms with van der Waals surface area (Å²) >= 11 is 0. The summed E-state index contributed by atoms with van der Waals surface area (Å²) in [6, 6.07) is 12.7. The van der Waals surface area contributed by atoms with Crippen molar-refractivity contribution >= 4 is 39.4 Å². The van der Waals surface area contributed by atoms with Crippen molar-refractivity contribution < 1.29 is 14.3 Å². The smallest absolute Gasteiger partial charge is 0.254 e. The minimum Gasteiger partial charge on any atom is -0.494 e. The molecule has 1 N–H and O–H groups in total. The lowest BCUT2D eigenvalue weighted by molar-refractivity contribution is -0.118. The maximum atomic E-state index is 13.7. The first-order valence-corrected chi connectivity index (χ1v) is 15.4. The van der Waals surface area contributed by atoms with E-state index in [1.54, 1.807) is 7.11 Å². The number of rotatable bonds is 6. The molecule has 0 spiro atoms. The first-order chi connectivity index (χ1) is 20.4. The highest BCUT2D eigenvalue weighted by atomic mass is 16.5. The van der Waals surface area contributed by atoms with E-state index in [2.05, 4.69) is 50.5 Å². The van der Waals surface area contributed by atoms with Gasteiger partial charge in [0.1, 0.15) is 11.3 Å². The maximum Gasteiger partial charge on any atom is 0.254 e. The molecule has 2 amide bonds. The summed E-state index contributed by atoms with van der Waals surface area (Å²) in [5, 5.41) is 4.29. The number of anilines is 1. The molecular weight excluding hydrogens is 528 g/mol. The number of aromatic nitrogens is 3. The number of fused-ring (bicyclic) bond motifs is 4. The fraction of sp³-hybridized carbons (Fsp3) is 0.485. The Labute approximate surface area is 245 Å². The number of carbonyl (C=O) groups is 2. The summed E-state index contributed by atoms with van der Waals surface area (Å²) in [5.41, 5.74) is 5.40. The molecule has 8 rings (SSSR count). The van der Waals surface area contributed by atoms with Gasteiger partial charge in [-0.25, -0.2) is 4.98 Å². The molecule has 2 saturated heterocycles. The van der Waals surface area contributed by atoms with Crippen LogP contribution in [0.15, 0.2) is 36.4 Å². The van der Waals surface area contributed by atoms with E-state index in [-0.39, 0.29) is 11.8 Å². The zero-order chi connectivity index (χ0) is 28.7. The predicted octanol–water partition coefficient (Wildman–Crippen LogP) is 4.42. The van der Waals surface area contributed by atoms with Crippen molar-refractivity contribution in [1.29, 1.82) is 0 Å². The van der Waals surface area contributed by atoms with Crippen LogP contribution in [0.2, 0.25) is 0 Å². The predicted molar refractivity (Wildman–Crippen MR) is 163 cm³/mol. The molecule has 2 aliphatic carbocycles. The summed E-state index contributed by atoms with van der Waals surface area (Å²) in [4.78, 5) is 35.5. The van der Waals surface area contributed by atoms with Gasteiger partial charge in [0.05, 0.1) is 30.4 Å². The summed E-state index contributed by atoms with van der Waals surface area (Å²) in [7, 11) is 3.69. The quantitative estimate of drug-likeness (QED) is 0.374. The number of hydrogen-bond donors (Lipinski definition) is 1. The fourth-order valence-electron chi connectivity index (χ4n) is 7.76. The first kappa shape index (κ1) is 25.8. The lowest BCUT2D eigenvalue weighted by Crippen LogP contribution is -2.48. The number of imidazole rings is 1. The summed E-state index contributed by atoms with van der Waals surface area (Å²) < 4.78 is 10.3. The van der Waals surface area contributed by atoms with Crippen molar-refractivity contribution in [3.63, 3.8) is 0 Å². The molecule has 2 aromatic carbocycles. The van der Waals surface area contributed by atoms with Gasteiger partial charge < -0.3 is 29.0 Å². The Morgan fingerprint density at radius 2 is 1.98 bits per heavy atom. The zero-order valence-electron chi connectivity index (χ0n) is 24.6. The van der Waals surface area contributed by atoms with Gasteiger partial charge in [0.2, 0.25) is 5.91 Å². The molecule has 2 bridgehead atoms. The third kappa shape index (κ3) is 3.96. The molecule has 9 heteroatoms. The van der Waals surface area contributed by atoms with E-state index in [1.165, 1.54) is 19.3 Å². The van der Waals surface area contributed by atoms with Crippen LogP contribution in [0.4, 0.5) is 5.69 Å². The second kappa shape index (κ2) is 9.59. The van der Waals surface area contributed by atoms with Crippen LogP contribution < -0.4 is 15.0 Å². The number of methoxy groups -OCH3 is 1. The Morgan fingerprint density at radius 1 is 1.12 bits per heavy atom. The van der Waals surface area contributed by atoms with Crippen LogP contribution in [0.1, 0.15) is 43.0 Å². The van der Waals surface area contributed by atoms with E-state index in [0.717, 1.165) is 65.2 Å². The van der Waals surface area contributed by atoms with Gasteiger partial charge in [-0.1, -0.05) is 13.0 Å². The van der Waals surface area contributed by atoms with Crippen molar-refractivity contribution in [2.24, 2.45) is 24.8 Å². The summed E-state index contributed by atoms with van der Waals surface area (Å²) in [6.45, 7) is 5.89. The standard InChI is InChI=1S/C33H38N6O3/c1-19-22-7-9-26(19)39(18-22)33(41)23-12-25-31(29(14-23)42-3)36(2)32(35-25)28-13-21-6-8-24(37-11-10-34-16-30(37)40)15-27(21)38(28)17-20-4-5-20/h6,8,12-15,19-20,22,26,34H,4-5,7,9-11,16-18H2,1-3H3. The lowest BCUT2D eigenvalue weighted by atomic mass is 10.0. The second-order valence-electron chi connectivity index (χ2n) is 12.8. The maximum absolute atomic E-state index is 13.7. The topological polar surface area (TPSA) is 84.6 Å². The van der Waals surface area contributed by atoms with E-state index in [9.17, 15) is 9.59 Å². The van der Waals surface area contributed by atoms with Crippen LogP contribution in [-0.4, -0.2) is 70.2 Å². The molecule has 4 fully saturated rings. The van der Waals surface area contributed by atoms with Gasteiger partial charge in [0.25, 0.3) is 5.91 Å². The van der Waals surface area contributed by atoms with E-state index in [1.807, 2.05) is 24.1 Å². The largest absolute Gasteiger partial charge is 0.494 e. The number of nitrogens with zero attached hydrogens (tertiary/aromatic N) is 5. The van der Waals surface area contributed by atoms with Crippen molar-refractivity contribution in [3.05, 3.63) is 42.0 Å². The normalized spacial score (nSPS) is 24.0. The molecule has 0 radical (unpaired) electrons. The molecule has 2 aromatic heterocycles. The van der Waals surface area contributed by atoms with Gasteiger partial charge in [-0.3, -0.25) is 9.59 Å². The third-order valence-electron chi connectivity index (χ3n) is 10.3. The molecule has 2 saturated carbocycles. The molecule has 4 aromatic rings. The van der Waals surface area contributed by atoms with Gasteiger partial charge in [-0.05, 0) is 73.8 Å². The second-order valence-corrected chi connectivity index (χ2v) is 12.8. The van der Waals surface area contributed by atoms with Crippen molar-refractivity contribution in [3.8, 4) is 17.3 Å². The van der Waals surface area contributed by atoms with E-state index in [0.29, 0.717) is 48.2 Å². The van der Waals surface area contributed by atoms with Crippen LogP contribution >= 0.6 is 0 Å². The number of carbonyl (C=O) groups excluding carboxylic acids is 2. The molecule has 3 unspecified atom stereocenters. The van der Waals surface area contributed by atoms with Gasteiger partial charge >= 0.3 is 0 Å². The number of benzene rings is 2. The fourth-order valence-corrected chi connectivity index (χ4v) is 7.76. The third-order valence-corrected chi connectivity index (χ3v) is 10.3. The Kier molecular flexibility index (Phi) is 5.90. The zero-order valence-corrected chi connectivity index (χ0v) is 24.6. The number of ether oxygens (including phenoxy) is 1. The Hall–Kier alpha value is -3.85. The van der Waals surface area contributed by atoms with Crippen LogP contribution in [0, 0.1) is 17.8 Å². The Bertz CT molecular complexity index is 1750. The number of likely N-dealkylation sites (tertiary alicyclic amines) is 1. The molecular formula is C33H38N6O3. The average molecular weight is 567 g/mol. The minimum atomic E-state index is 0.0827. The van der Waals surface area contributed by atoms with Crippen LogP contribution in [0.5, 0.6) is 5.75 Å². The van der Waals surface area contributed by atoms with Gasteiger partial charge in [0.15, 0.2) is 5.82 Å². The molecule has 9 nitrogen and oxygen atoms in total. The number of piperazine rings is 1. The molecule has 4 aliphatic rings. The highest BCUT2D eigenvalue weighted by Gasteiger charge is 2.46. The van der Waals surface area contributed by atoms with E-state index in [4.69, 9.17) is 9.72 Å². The molecule has 218 valence electrons. The lowest BCUT2D eigenvalue weighted by Gasteiger charge is -2.27. The van der Waals surface area contributed by atoms with Gasteiger partial charge in [0, 0.05) is 55.9 Å². The average Bonchev–Trinajstić information content (AvgIpc) is 3.41. The van der Waals surface area contributed by atoms with E-state index < -0.39 is 0 Å². The summed E-state index contributed by atoms with van der Waals surface area (Å²) in [6.07, 6.45) is 4.78. The molecule has 4 heterocycles. The van der Waals surface area contributed by atoms with E-state index >= 15 is 0 Å². The van der Waals surface area contributed by atoms with Crippen molar-refractivity contribution in [2.75, 3.05) is 38.2 Å². The number of hydrogen-bond acceptors (Lipinski definition) is 5. The minimum absolute atomic E-state index is 0.0827. The Morgan fingerprint density at radius 3 is 2.69 bits per heavy atom. The number of amides is 2. The molecule has 42 heavy (non-hydrogen) atoms. The van der Waals surface area contributed by atoms with Crippen molar-refractivity contribution in [2.45, 2.75) is 45.2 Å². The molecule has 2 aliphatic heterocycles. The van der Waals surface area contributed by atoms with Crippen LogP contribution in [0.3, 0.4) is 0 Å². The van der Waals surface area contributed by atoms with Gasteiger partial charge in [-0.15, -0.1) is 0 Å². The summed E-state index contributed by atoms with van der Waals surface area (Å²) in [5.74, 6) is 3.53. The SMILES string of the molecule is COc1cc(C(=O)N2CC3CCC2C3C)cc2nc(-c3cc4ccc(N5CCNCC5=O)cc4n3CC3CC3)n(C)c12. The highest BCUT2D eigenvalue weighted by molar-refractivity contribution is 6.01. The number of nitrogens with one attached hydrogen (secondary N) is 1. The number of piperidine rings is 1. The molecule has 3 atom stereocenters. The Balaban J connectivity index is 1.23. The first-order valence-electron chi connectivity index (χ1n) is 15.4. The van der Waals surface area contributed by atoms with Crippen LogP contribution in [-0.2, 0) is 18.4 Å². The highest BCUT2D eigenvalue weighted by Crippen LogP contribution is 2.44. The van der Waals surface area contributed by atoms with Crippen molar-refractivity contribution in [1.82, 2.24) is 24.3 Å². The van der Waals surface area contributed by atoms with Gasteiger partial charge in [-0.2, -0.15) is 0 Å². The van der Waals surface area contributed by atoms with Crippen LogP contribution in [0.25, 0.3) is 33.5 Å². The number of aryl methyl sites for hydroxylation is 1.